The van der Waals surface area contributed by atoms with Crippen LogP contribution in [0.2, 0.25) is 0 Å². The highest BCUT2D eigenvalue weighted by Crippen LogP contribution is 2.46. The average Bonchev–Trinajstić information content (AvgIpc) is 3.19. The van der Waals surface area contributed by atoms with Gasteiger partial charge in [-0.3, -0.25) is 4.79 Å². The molecule has 1 aliphatic rings. The van der Waals surface area contributed by atoms with Gasteiger partial charge in [0, 0.05) is 11.1 Å². The molecule has 0 spiro atoms. The third-order valence-electron chi connectivity index (χ3n) is 5.51. The summed E-state index contributed by atoms with van der Waals surface area (Å²) in [6.45, 7) is 0. The van der Waals surface area contributed by atoms with E-state index < -0.39 is 6.10 Å². The van der Waals surface area contributed by atoms with Crippen LogP contribution in [0.4, 0.5) is 0 Å². The van der Waals surface area contributed by atoms with Crippen LogP contribution in [0.1, 0.15) is 33.0 Å². The number of benzene rings is 4. The molecule has 138 valence electrons. The van der Waals surface area contributed by atoms with Gasteiger partial charge in [0.05, 0.1) is 17.6 Å². The maximum atomic E-state index is 13.4. The molecule has 29 heavy (non-hydrogen) atoms. The van der Waals surface area contributed by atoms with Gasteiger partial charge >= 0.3 is 0 Å². The molecule has 5 rings (SSSR count). The summed E-state index contributed by atoms with van der Waals surface area (Å²) in [6, 6.07) is 31.0. The summed E-state index contributed by atoms with van der Waals surface area (Å²) in [5.41, 5.74) is 3.22. The number of hydrogen-bond donors (Lipinski definition) is 0. The smallest absolute Gasteiger partial charge is 0.204 e. The molecule has 0 fully saturated rings. The van der Waals surface area contributed by atoms with Crippen LogP contribution in [0.3, 0.4) is 0 Å². The number of nitrogens with zero attached hydrogens (tertiary/aromatic N) is 1. The van der Waals surface area contributed by atoms with E-state index in [9.17, 15) is 4.79 Å². The molecule has 1 heterocycles. The summed E-state index contributed by atoms with van der Waals surface area (Å²) in [5, 5.41) is 11.4. The highest BCUT2D eigenvalue weighted by atomic mass is 16.5. The first-order valence-electron chi connectivity index (χ1n) is 9.54. The van der Waals surface area contributed by atoms with Crippen LogP contribution in [-0.4, -0.2) is 11.9 Å². The van der Waals surface area contributed by atoms with Gasteiger partial charge in [-0.1, -0.05) is 72.8 Å². The maximum Gasteiger partial charge on any atom is 0.204 e. The van der Waals surface area contributed by atoms with Crippen LogP contribution in [0.5, 0.6) is 5.75 Å². The van der Waals surface area contributed by atoms with Crippen molar-refractivity contribution >= 4 is 16.6 Å². The molecule has 1 aliphatic heterocycles. The number of fused-ring (bicyclic) bond motifs is 3. The fourth-order valence-electron chi connectivity index (χ4n) is 4.13. The van der Waals surface area contributed by atoms with Crippen molar-refractivity contribution in [2.45, 2.75) is 12.0 Å². The van der Waals surface area contributed by atoms with Crippen LogP contribution < -0.4 is 4.74 Å². The fraction of sp³-hybridized carbons (Fsp3) is 0.0769. The Bertz CT molecular complexity index is 1250. The molecule has 4 aromatic rings. The molecule has 0 aromatic heterocycles. The van der Waals surface area contributed by atoms with E-state index >= 15 is 0 Å². The van der Waals surface area contributed by atoms with Gasteiger partial charge in [-0.2, -0.15) is 5.26 Å². The molecule has 0 saturated carbocycles. The summed E-state index contributed by atoms with van der Waals surface area (Å²) in [4.78, 5) is 13.4. The Morgan fingerprint density at radius 3 is 2.31 bits per heavy atom. The first-order chi connectivity index (χ1) is 14.3. The molecule has 2 atom stereocenters. The number of hydrogen-bond acceptors (Lipinski definition) is 3. The van der Waals surface area contributed by atoms with Crippen LogP contribution in [0.25, 0.3) is 10.8 Å². The number of carbonyl (C=O) groups is 1. The lowest BCUT2D eigenvalue weighted by atomic mass is 9.82. The molecule has 0 radical (unpaired) electrons. The van der Waals surface area contributed by atoms with Crippen molar-refractivity contribution in [2.75, 3.05) is 0 Å². The van der Waals surface area contributed by atoms with E-state index in [1.807, 2.05) is 66.7 Å². The molecular weight excluding hydrogens is 358 g/mol. The van der Waals surface area contributed by atoms with Gasteiger partial charge in [0.2, 0.25) is 5.78 Å². The van der Waals surface area contributed by atoms with Gasteiger partial charge in [-0.15, -0.1) is 0 Å². The van der Waals surface area contributed by atoms with E-state index in [1.165, 1.54) is 0 Å². The maximum absolute atomic E-state index is 13.4. The summed E-state index contributed by atoms with van der Waals surface area (Å²) < 4.78 is 6.24. The van der Waals surface area contributed by atoms with Crippen molar-refractivity contribution in [3.63, 3.8) is 0 Å². The lowest BCUT2D eigenvalue weighted by Crippen LogP contribution is -2.30. The average molecular weight is 375 g/mol. The Kier molecular flexibility index (Phi) is 4.11. The van der Waals surface area contributed by atoms with Crippen LogP contribution >= 0.6 is 0 Å². The largest absolute Gasteiger partial charge is 0.481 e. The predicted octanol–water partition coefficient (Wildman–Crippen LogP) is 5.49. The van der Waals surface area contributed by atoms with Gasteiger partial charge in [0.25, 0.3) is 0 Å². The topological polar surface area (TPSA) is 50.1 Å². The minimum absolute atomic E-state index is 0.0414. The normalized spacial score (nSPS) is 17.3. The van der Waals surface area contributed by atoms with Gasteiger partial charge in [0.15, 0.2) is 6.10 Å². The zero-order valence-corrected chi connectivity index (χ0v) is 15.6. The van der Waals surface area contributed by atoms with E-state index in [4.69, 9.17) is 10.00 Å². The number of Topliss-reactive ketones (excluding diaryl/α,β-unsaturated/α-hetero) is 1. The first kappa shape index (κ1) is 17.2. The highest BCUT2D eigenvalue weighted by molar-refractivity contribution is 6.02. The molecule has 0 saturated heterocycles. The molecule has 0 bridgehead atoms. The van der Waals surface area contributed by atoms with E-state index in [-0.39, 0.29) is 11.7 Å². The van der Waals surface area contributed by atoms with E-state index in [0.717, 1.165) is 27.6 Å². The second kappa shape index (κ2) is 6.92. The van der Waals surface area contributed by atoms with Crippen molar-refractivity contribution in [3.8, 4) is 11.8 Å². The lowest BCUT2D eigenvalue weighted by molar-refractivity contribution is 0.0807. The molecule has 4 aromatic carbocycles. The minimum Gasteiger partial charge on any atom is -0.481 e. The molecule has 0 N–H and O–H groups in total. The second-order valence-electron chi connectivity index (χ2n) is 7.18. The summed E-state index contributed by atoms with van der Waals surface area (Å²) in [7, 11) is 0. The number of ketones is 1. The molecule has 3 nitrogen and oxygen atoms in total. The van der Waals surface area contributed by atoms with Crippen LogP contribution in [-0.2, 0) is 0 Å². The number of carbonyl (C=O) groups excluding carboxylic acids is 1. The summed E-state index contributed by atoms with van der Waals surface area (Å²) >= 11 is 0. The standard InChI is InChI=1S/C26H17NO2/c27-16-17-10-12-19(13-11-17)23-24-21-9-5-4-6-18(21)14-15-22(24)29-26(23)25(28)20-7-2-1-3-8-20/h1-15,23,26H/t23-,26-/m0/s1. The Labute approximate surface area is 168 Å². The van der Waals surface area contributed by atoms with Crippen molar-refractivity contribution in [1.29, 1.82) is 5.26 Å². The van der Waals surface area contributed by atoms with Gasteiger partial charge in [0.1, 0.15) is 5.75 Å². The lowest BCUT2D eigenvalue weighted by Gasteiger charge is -2.19. The molecule has 3 heteroatoms. The molecule has 0 amide bonds. The first-order valence-corrected chi connectivity index (χ1v) is 9.54. The SMILES string of the molecule is N#Cc1ccc([C@H]2c3c(ccc4ccccc34)O[C@@H]2C(=O)c2ccccc2)cc1. The Hall–Kier alpha value is -3.90. The van der Waals surface area contributed by atoms with Gasteiger partial charge in [-0.25, -0.2) is 0 Å². The third kappa shape index (κ3) is 2.86. The Morgan fingerprint density at radius 2 is 1.55 bits per heavy atom. The van der Waals surface area contributed by atoms with Gasteiger partial charge in [-0.05, 0) is 34.5 Å². The monoisotopic (exact) mass is 375 g/mol. The third-order valence-corrected chi connectivity index (χ3v) is 5.51. The summed E-state index contributed by atoms with van der Waals surface area (Å²) in [5.74, 6) is 0.462. The quantitative estimate of drug-likeness (QED) is 0.445. The highest BCUT2D eigenvalue weighted by Gasteiger charge is 2.41. The van der Waals surface area contributed by atoms with Crippen molar-refractivity contribution < 1.29 is 9.53 Å². The zero-order valence-electron chi connectivity index (χ0n) is 15.6. The van der Waals surface area contributed by atoms with Gasteiger partial charge < -0.3 is 4.74 Å². The number of nitriles is 1. The zero-order chi connectivity index (χ0) is 19.8. The van der Waals surface area contributed by atoms with Crippen LogP contribution in [0.15, 0.2) is 91.0 Å². The van der Waals surface area contributed by atoms with E-state index in [1.54, 1.807) is 12.1 Å². The van der Waals surface area contributed by atoms with E-state index in [0.29, 0.717) is 11.1 Å². The van der Waals surface area contributed by atoms with Crippen molar-refractivity contribution in [1.82, 2.24) is 0 Å². The minimum atomic E-state index is -0.647. The molecule has 0 unspecified atom stereocenters. The van der Waals surface area contributed by atoms with Crippen molar-refractivity contribution in [2.24, 2.45) is 0 Å². The van der Waals surface area contributed by atoms with E-state index in [2.05, 4.69) is 18.2 Å². The second-order valence-corrected chi connectivity index (χ2v) is 7.18. The Balaban J connectivity index is 1.70. The number of ether oxygens (including phenoxy) is 1. The Morgan fingerprint density at radius 1 is 0.828 bits per heavy atom. The molecular formula is C26H17NO2. The summed E-state index contributed by atoms with van der Waals surface area (Å²) in [6.07, 6.45) is -0.647. The number of rotatable bonds is 3. The molecule has 0 aliphatic carbocycles. The van der Waals surface area contributed by atoms with Crippen molar-refractivity contribution in [3.05, 3.63) is 113 Å². The fourth-order valence-corrected chi connectivity index (χ4v) is 4.13. The predicted molar refractivity (Wildman–Crippen MR) is 112 cm³/mol. The van der Waals surface area contributed by atoms with Crippen LogP contribution in [0, 0.1) is 11.3 Å².